The van der Waals surface area contributed by atoms with Crippen LogP contribution in [-0.2, 0) is 20.5 Å². The summed E-state index contributed by atoms with van der Waals surface area (Å²) in [7, 11) is 0. The number of nitrogens with zero attached hydrogens (tertiary/aromatic N) is 5. The molecule has 1 fully saturated rings. The highest BCUT2D eigenvalue weighted by Gasteiger charge is 2.49. The number of hydrogen-bond donors (Lipinski definition) is 3. The van der Waals surface area contributed by atoms with E-state index in [1.807, 2.05) is 0 Å². The molecule has 1 aromatic carbocycles. The number of ether oxygens (including phenoxy) is 1. The average Bonchev–Trinajstić information content (AvgIpc) is 3.51. The predicted molar refractivity (Wildman–Crippen MR) is 131 cm³/mol. The molecule has 1 saturated heterocycles. The number of carbonyl (C=O) groups excluding carboxylic acids is 2. The normalized spacial score (nSPS) is 17.8. The SMILES string of the molecule is CC(O)(C(=O)Nc1cc(Cl)c2c(N)noc2c1)[C@H]1OCCN(c2ccn(-c3ccnc(C(F)(F)F)c3)n2)C1=O. The number of aliphatic hydroxyl groups is 1. The molecule has 4 aromatic rings. The molecule has 16 heteroatoms. The maximum Gasteiger partial charge on any atom is 0.433 e. The second kappa shape index (κ2) is 9.52. The van der Waals surface area contributed by atoms with Crippen LogP contribution in [0.15, 0.2) is 47.2 Å². The number of alkyl halides is 3. The van der Waals surface area contributed by atoms with Crippen LogP contribution in [0.25, 0.3) is 16.7 Å². The molecule has 12 nitrogen and oxygen atoms in total. The van der Waals surface area contributed by atoms with Crippen LogP contribution in [0.1, 0.15) is 12.6 Å². The van der Waals surface area contributed by atoms with E-state index >= 15 is 0 Å². The molecule has 4 N–H and O–H groups in total. The van der Waals surface area contributed by atoms with Gasteiger partial charge in [-0.1, -0.05) is 16.8 Å². The van der Waals surface area contributed by atoms with Crippen LogP contribution in [0, 0.1) is 0 Å². The van der Waals surface area contributed by atoms with Crippen molar-refractivity contribution >= 4 is 51.7 Å². The molecule has 2 amide bonds. The molecular weight excluding hydrogens is 547 g/mol. The predicted octanol–water partition coefficient (Wildman–Crippen LogP) is 2.78. The Balaban J connectivity index is 1.35. The second-order valence-corrected chi connectivity index (χ2v) is 9.16. The Bertz CT molecular complexity index is 1590. The number of hydrogen-bond acceptors (Lipinski definition) is 9. The number of amides is 2. The lowest BCUT2D eigenvalue weighted by Gasteiger charge is -2.37. The first kappa shape index (κ1) is 26.4. The Hall–Kier alpha value is -4.21. The van der Waals surface area contributed by atoms with Gasteiger partial charge in [0.15, 0.2) is 28.9 Å². The zero-order valence-corrected chi connectivity index (χ0v) is 20.7. The molecule has 1 aliphatic rings. The lowest BCUT2D eigenvalue weighted by atomic mass is 9.95. The van der Waals surface area contributed by atoms with Gasteiger partial charge in [-0.15, -0.1) is 5.10 Å². The molecule has 3 aromatic heterocycles. The van der Waals surface area contributed by atoms with Crippen LogP contribution in [-0.4, -0.2) is 61.7 Å². The van der Waals surface area contributed by atoms with E-state index in [2.05, 4.69) is 20.6 Å². The van der Waals surface area contributed by atoms with Crippen molar-refractivity contribution in [3.8, 4) is 5.69 Å². The van der Waals surface area contributed by atoms with Gasteiger partial charge < -0.3 is 25.4 Å². The van der Waals surface area contributed by atoms with E-state index in [0.29, 0.717) is 5.39 Å². The summed E-state index contributed by atoms with van der Waals surface area (Å²) in [6.07, 6.45) is -3.92. The van der Waals surface area contributed by atoms with E-state index in [1.165, 1.54) is 35.4 Å². The smallest absolute Gasteiger partial charge is 0.380 e. The first-order valence-electron chi connectivity index (χ1n) is 11.3. The monoisotopic (exact) mass is 565 g/mol. The highest BCUT2D eigenvalue weighted by molar-refractivity contribution is 6.36. The number of benzene rings is 1. The third-order valence-electron chi connectivity index (χ3n) is 6.02. The quantitative estimate of drug-likeness (QED) is 0.330. The summed E-state index contributed by atoms with van der Waals surface area (Å²) >= 11 is 6.20. The molecule has 1 unspecified atom stereocenters. The van der Waals surface area contributed by atoms with Crippen LogP contribution in [0.5, 0.6) is 0 Å². The minimum Gasteiger partial charge on any atom is -0.380 e. The third-order valence-corrected chi connectivity index (χ3v) is 6.32. The molecule has 2 atom stereocenters. The van der Waals surface area contributed by atoms with Crippen molar-refractivity contribution in [1.29, 1.82) is 0 Å². The number of aromatic nitrogens is 4. The van der Waals surface area contributed by atoms with Crippen molar-refractivity contribution in [3.63, 3.8) is 0 Å². The summed E-state index contributed by atoms with van der Waals surface area (Å²) in [5.74, 6) is -1.62. The summed E-state index contributed by atoms with van der Waals surface area (Å²) in [6.45, 7) is 1.07. The first-order chi connectivity index (χ1) is 18.4. The van der Waals surface area contributed by atoms with Crippen molar-refractivity contribution in [2.75, 3.05) is 29.1 Å². The van der Waals surface area contributed by atoms with E-state index < -0.39 is 35.4 Å². The highest BCUT2D eigenvalue weighted by Crippen LogP contribution is 2.33. The van der Waals surface area contributed by atoms with Crippen LogP contribution >= 0.6 is 11.6 Å². The Labute approximate surface area is 222 Å². The zero-order chi connectivity index (χ0) is 28.1. The molecule has 39 heavy (non-hydrogen) atoms. The van der Waals surface area contributed by atoms with E-state index in [9.17, 15) is 27.9 Å². The molecule has 1 aliphatic heterocycles. The van der Waals surface area contributed by atoms with Crippen LogP contribution in [0.2, 0.25) is 5.02 Å². The van der Waals surface area contributed by atoms with Crippen molar-refractivity contribution in [2.45, 2.75) is 24.8 Å². The standard InChI is InChI=1S/C23H19ClF3N7O5/c1-22(37,21(36)30-11-8-13(24)17-14(9-11)39-32-19(17)28)18-20(35)33(6-7-38-18)16-3-5-34(31-16)12-2-4-29-15(10-12)23(25,26)27/h2-5,8-10,18,37H,6-7H2,1H3,(H2,28,32)(H,30,36)/t18-,22?/m0/s1. The van der Waals surface area contributed by atoms with Gasteiger partial charge in [-0.05, 0) is 25.1 Å². The average molecular weight is 566 g/mol. The van der Waals surface area contributed by atoms with Crippen molar-refractivity contribution < 1.29 is 37.1 Å². The number of nitrogens with one attached hydrogen (secondary N) is 1. The van der Waals surface area contributed by atoms with Gasteiger partial charge in [0.05, 0.1) is 29.2 Å². The number of fused-ring (bicyclic) bond motifs is 1. The number of carbonyl (C=O) groups is 2. The van der Waals surface area contributed by atoms with E-state index in [-0.39, 0.29) is 46.8 Å². The molecule has 0 radical (unpaired) electrons. The third kappa shape index (κ3) is 4.86. The largest absolute Gasteiger partial charge is 0.433 e. The summed E-state index contributed by atoms with van der Waals surface area (Å²) in [4.78, 5) is 30.8. The Morgan fingerprint density at radius 1 is 1.28 bits per heavy atom. The van der Waals surface area contributed by atoms with E-state index in [0.717, 1.165) is 23.9 Å². The first-order valence-corrected chi connectivity index (χ1v) is 11.6. The molecular formula is C23H19ClF3N7O5. The molecule has 0 spiro atoms. The van der Waals surface area contributed by atoms with E-state index in [1.54, 1.807) is 0 Å². The number of halogens is 4. The molecule has 4 heterocycles. The second-order valence-electron chi connectivity index (χ2n) is 8.76. The number of morpholine rings is 1. The van der Waals surface area contributed by atoms with Gasteiger partial charge in [0.2, 0.25) is 0 Å². The van der Waals surface area contributed by atoms with Gasteiger partial charge in [0, 0.05) is 30.2 Å². The minimum atomic E-state index is -4.65. The number of nitrogen functional groups attached to an aromatic ring is 1. The molecule has 0 bridgehead atoms. The summed E-state index contributed by atoms with van der Waals surface area (Å²) in [5.41, 5.74) is 2.64. The van der Waals surface area contributed by atoms with Gasteiger partial charge in [0.25, 0.3) is 11.8 Å². The fourth-order valence-corrected chi connectivity index (χ4v) is 4.34. The fourth-order valence-electron chi connectivity index (χ4n) is 4.03. The van der Waals surface area contributed by atoms with Crippen LogP contribution in [0.4, 0.5) is 30.5 Å². The van der Waals surface area contributed by atoms with Gasteiger partial charge in [-0.25, -0.2) is 4.68 Å². The molecule has 0 aliphatic carbocycles. The fraction of sp³-hybridized carbons (Fsp3) is 0.261. The summed E-state index contributed by atoms with van der Waals surface area (Å²) in [5, 5.41) is 21.8. The van der Waals surface area contributed by atoms with Gasteiger partial charge >= 0.3 is 6.18 Å². The number of rotatable bonds is 5. The number of anilines is 3. The zero-order valence-electron chi connectivity index (χ0n) is 19.9. The van der Waals surface area contributed by atoms with E-state index in [4.69, 9.17) is 26.6 Å². The molecule has 204 valence electrons. The molecule has 0 saturated carbocycles. The molecule has 5 rings (SSSR count). The van der Waals surface area contributed by atoms with Crippen molar-refractivity contribution in [3.05, 3.63) is 53.4 Å². The van der Waals surface area contributed by atoms with Crippen molar-refractivity contribution in [1.82, 2.24) is 19.9 Å². The van der Waals surface area contributed by atoms with Gasteiger partial charge in [-0.3, -0.25) is 19.5 Å². The van der Waals surface area contributed by atoms with Gasteiger partial charge in [-0.2, -0.15) is 13.2 Å². The maximum absolute atomic E-state index is 13.3. The lowest BCUT2D eigenvalue weighted by Crippen LogP contribution is -2.61. The number of pyridine rings is 1. The Kier molecular flexibility index (Phi) is 6.44. The minimum absolute atomic E-state index is 0.0212. The van der Waals surface area contributed by atoms with Gasteiger partial charge in [0.1, 0.15) is 5.69 Å². The summed E-state index contributed by atoms with van der Waals surface area (Å²) in [6, 6.07) is 6.30. The maximum atomic E-state index is 13.3. The Morgan fingerprint density at radius 2 is 2.05 bits per heavy atom. The summed E-state index contributed by atoms with van der Waals surface area (Å²) < 4.78 is 50.8. The lowest BCUT2D eigenvalue weighted by molar-refractivity contribution is -0.165. The Morgan fingerprint density at radius 3 is 2.79 bits per heavy atom. The highest BCUT2D eigenvalue weighted by atomic mass is 35.5. The number of nitrogens with two attached hydrogens (primary N) is 1. The van der Waals surface area contributed by atoms with Crippen LogP contribution in [0.3, 0.4) is 0 Å². The topological polar surface area (TPSA) is 162 Å². The van der Waals surface area contributed by atoms with Crippen LogP contribution < -0.4 is 16.0 Å². The van der Waals surface area contributed by atoms with Crippen molar-refractivity contribution in [2.24, 2.45) is 0 Å².